The first-order valence-corrected chi connectivity index (χ1v) is 13.2. The zero-order chi connectivity index (χ0) is 27.3. The van der Waals surface area contributed by atoms with Gasteiger partial charge in [-0.3, -0.25) is 4.99 Å². The Labute approximate surface area is 221 Å². The number of aliphatic imine (C=N–C) groups is 1. The number of carbonyl (C=O) groups is 2. The van der Waals surface area contributed by atoms with Gasteiger partial charge >= 0.3 is 12.1 Å². The van der Waals surface area contributed by atoms with E-state index in [1.807, 2.05) is 109 Å². The van der Waals surface area contributed by atoms with Crippen molar-refractivity contribution in [1.29, 1.82) is 0 Å². The lowest BCUT2D eigenvalue weighted by Gasteiger charge is -2.31. The second-order valence-electron chi connectivity index (χ2n) is 12.2. The number of nitrogens with zero attached hydrogens (tertiary/aromatic N) is 1. The summed E-state index contributed by atoms with van der Waals surface area (Å²) in [6, 6.07) is 19.9. The molecule has 0 radical (unpaired) electrons. The van der Waals surface area contributed by atoms with Crippen LogP contribution in [0.2, 0.25) is 0 Å². The van der Waals surface area contributed by atoms with Crippen molar-refractivity contribution in [3.05, 3.63) is 71.8 Å². The quantitative estimate of drug-likeness (QED) is 0.334. The van der Waals surface area contributed by atoms with E-state index in [2.05, 4.69) is 5.32 Å². The molecule has 1 aliphatic rings. The van der Waals surface area contributed by atoms with Crippen LogP contribution in [0, 0.1) is 5.92 Å². The minimum atomic E-state index is -1.10. The van der Waals surface area contributed by atoms with Gasteiger partial charge in [0.05, 0.1) is 5.71 Å². The van der Waals surface area contributed by atoms with Crippen LogP contribution in [0.25, 0.3) is 0 Å². The van der Waals surface area contributed by atoms with Gasteiger partial charge < -0.3 is 14.8 Å². The fourth-order valence-electron chi connectivity index (χ4n) is 4.73. The lowest BCUT2D eigenvalue weighted by Crippen LogP contribution is -2.42. The molecule has 1 aliphatic carbocycles. The Balaban J connectivity index is 1.90. The molecule has 1 amide bonds. The molecule has 2 aromatic carbocycles. The maximum absolute atomic E-state index is 13.7. The van der Waals surface area contributed by atoms with Crippen molar-refractivity contribution in [3.8, 4) is 0 Å². The molecule has 6 nitrogen and oxygen atoms in total. The molecule has 0 saturated heterocycles. The van der Waals surface area contributed by atoms with Gasteiger partial charge in [0.2, 0.25) is 0 Å². The van der Waals surface area contributed by atoms with Crippen LogP contribution in [0.4, 0.5) is 4.79 Å². The van der Waals surface area contributed by atoms with Crippen molar-refractivity contribution in [2.24, 2.45) is 10.9 Å². The standard InChI is InChI=1S/C31H42N2O4/c1-29(2,3)36-27(34)31(7,21-22-18-19-25(20-22)32-28(35)37-30(4,5)6)33-26(23-14-10-8-11-15-23)24-16-12-9-13-17-24/h8-17,22,25H,18-21H2,1-7H3,(H,32,35)/t22-,25-,31?/m1/s1. The summed E-state index contributed by atoms with van der Waals surface area (Å²) in [5, 5.41) is 3.00. The third-order valence-electron chi connectivity index (χ3n) is 6.24. The zero-order valence-electron chi connectivity index (χ0n) is 23.3. The number of amides is 1. The first-order valence-electron chi connectivity index (χ1n) is 13.2. The Hall–Kier alpha value is -3.15. The highest BCUT2D eigenvalue weighted by Gasteiger charge is 2.42. The SMILES string of the molecule is CC(C)(C)OC(=O)N[C@@H]1CC[C@@H](CC(C)(N=C(c2ccccc2)c2ccccc2)C(=O)OC(C)(C)C)C1. The number of carbonyl (C=O) groups excluding carboxylic acids is 2. The van der Waals surface area contributed by atoms with Crippen molar-refractivity contribution in [2.45, 2.75) is 96.9 Å². The van der Waals surface area contributed by atoms with Gasteiger partial charge in [0.1, 0.15) is 11.2 Å². The smallest absolute Gasteiger partial charge is 0.407 e. The Morgan fingerprint density at radius 3 is 1.81 bits per heavy atom. The minimum absolute atomic E-state index is 0.00873. The molecular formula is C31H42N2O4. The molecule has 3 atom stereocenters. The maximum Gasteiger partial charge on any atom is 0.407 e. The van der Waals surface area contributed by atoms with Crippen LogP contribution in [0.15, 0.2) is 65.7 Å². The van der Waals surface area contributed by atoms with Crippen LogP contribution in [0.1, 0.15) is 85.3 Å². The lowest BCUT2D eigenvalue weighted by molar-refractivity contribution is -0.161. The molecule has 200 valence electrons. The van der Waals surface area contributed by atoms with Crippen molar-refractivity contribution in [3.63, 3.8) is 0 Å². The highest BCUT2D eigenvalue weighted by atomic mass is 16.6. The van der Waals surface area contributed by atoms with Crippen molar-refractivity contribution in [2.75, 3.05) is 0 Å². The molecule has 2 aromatic rings. The van der Waals surface area contributed by atoms with Crippen LogP contribution in [-0.4, -0.2) is 40.6 Å². The summed E-state index contributed by atoms with van der Waals surface area (Å²) in [4.78, 5) is 31.1. The van der Waals surface area contributed by atoms with Gasteiger partial charge in [0.25, 0.3) is 0 Å². The van der Waals surface area contributed by atoms with E-state index < -0.39 is 22.8 Å². The molecule has 1 unspecified atom stereocenters. The maximum atomic E-state index is 13.7. The normalized spacial score (nSPS) is 19.4. The molecule has 6 heteroatoms. The summed E-state index contributed by atoms with van der Waals surface area (Å²) < 4.78 is 11.3. The van der Waals surface area contributed by atoms with Gasteiger partial charge in [-0.2, -0.15) is 0 Å². The number of nitrogens with one attached hydrogen (secondary N) is 1. The lowest BCUT2D eigenvalue weighted by atomic mass is 9.87. The molecule has 37 heavy (non-hydrogen) atoms. The Morgan fingerprint density at radius 2 is 1.32 bits per heavy atom. The molecule has 0 aliphatic heterocycles. The van der Waals surface area contributed by atoms with E-state index >= 15 is 0 Å². The van der Waals surface area contributed by atoms with Crippen molar-refractivity contribution in [1.82, 2.24) is 5.32 Å². The van der Waals surface area contributed by atoms with Gasteiger partial charge in [0.15, 0.2) is 5.54 Å². The van der Waals surface area contributed by atoms with E-state index in [0.29, 0.717) is 6.42 Å². The average molecular weight is 507 g/mol. The summed E-state index contributed by atoms with van der Waals surface area (Å²) in [7, 11) is 0. The number of hydrogen-bond donors (Lipinski definition) is 1. The number of esters is 1. The summed E-state index contributed by atoms with van der Waals surface area (Å²) in [5.41, 5.74) is 0.371. The summed E-state index contributed by atoms with van der Waals surface area (Å²) >= 11 is 0. The van der Waals surface area contributed by atoms with E-state index in [4.69, 9.17) is 14.5 Å². The highest BCUT2D eigenvalue weighted by molar-refractivity contribution is 6.13. The molecule has 0 heterocycles. The predicted octanol–water partition coefficient (Wildman–Crippen LogP) is 6.71. The summed E-state index contributed by atoms with van der Waals surface area (Å²) in [6.07, 6.45) is 2.61. The number of alkyl carbamates (subject to hydrolysis) is 1. The Kier molecular flexibility index (Phi) is 8.83. The molecular weight excluding hydrogens is 464 g/mol. The second-order valence-corrected chi connectivity index (χ2v) is 12.2. The van der Waals surface area contributed by atoms with Crippen LogP contribution in [0.3, 0.4) is 0 Å². The second kappa shape index (κ2) is 11.5. The Morgan fingerprint density at radius 1 is 0.811 bits per heavy atom. The van der Waals surface area contributed by atoms with Crippen molar-refractivity contribution < 1.29 is 19.1 Å². The van der Waals surface area contributed by atoms with E-state index in [9.17, 15) is 9.59 Å². The fraction of sp³-hybridized carbons (Fsp3) is 0.516. The third-order valence-corrected chi connectivity index (χ3v) is 6.24. The third kappa shape index (κ3) is 8.73. The largest absolute Gasteiger partial charge is 0.458 e. The monoisotopic (exact) mass is 506 g/mol. The van der Waals surface area contributed by atoms with Gasteiger partial charge in [-0.15, -0.1) is 0 Å². The van der Waals surface area contributed by atoms with Crippen LogP contribution in [-0.2, 0) is 14.3 Å². The average Bonchev–Trinajstić information content (AvgIpc) is 3.22. The van der Waals surface area contributed by atoms with Gasteiger partial charge in [-0.05, 0) is 80.1 Å². The first-order chi connectivity index (χ1) is 17.2. The number of rotatable bonds is 7. The number of benzene rings is 2. The molecule has 0 bridgehead atoms. The fourth-order valence-corrected chi connectivity index (χ4v) is 4.73. The number of ether oxygens (including phenoxy) is 2. The highest BCUT2D eigenvalue weighted by Crippen LogP contribution is 2.36. The molecule has 1 saturated carbocycles. The first kappa shape index (κ1) is 28.4. The summed E-state index contributed by atoms with van der Waals surface area (Å²) in [5.74, 6) is -0.137. The van der Waals surface area contributed by atoms with E-state index in [1.165, 1.54) is 0 Å². The van der Waals surface area contributed by atoms with Crippen LogP contribution >= 0.6 is 0 Å². The number of hydrogen-bond acceptors (Lipinski definition) is 5. The minimum Gasteiger partial charge on any atom is -0.458 e. The van der Waals surface area contributed by atoms with E-state index in [0.717, 1.165) is 36.1 Å². The topological polar surface area (TPSA) is 77.0 Å². The molecule has 1 N–H and O–H groups in total. The zero-order valence-corrected chi connectivity index (χ0v) is 23.3. The van der Waals surface area contributed by atoms with Crippen molar-refractivity contribution >= 4 is 17.8 Å². The van der Waals surface area contributed by atoms with Gasteiger partial charge in [-0.25, -0.2) is 9.59 Å². The van der Waals surface area contributed by atoms with Gasteiger partial charge in [-0.1, -0.05) is 60.7 Å². The van der Waals surface area contributed by atoms with E-state index in [1.54, 1.807) is 0 Å². The molecule has 1 fully saturated rings. The van der Waals surface area contributed by atoms with Gasteiger partial charge in [0, 0.05) is 17.2 Å². The Bertz CT molecular complexity index is 1040. The molecule has 0 spiro atoms. The van der Waals surface area contributed by atoms with Crippen LogP contribution in [0.5, 0.6) is 0 Å². The predicted molar refractivity (Wildman–Crippen MR) is 148 cm³/mol. The summed E-state index contributed by atoms with van der Waals surface area (Å²) in [6.45, 7) is 13.1. The molecule has 3 rings (SSSR count). The van der Waals surface area contributed by atoms with E-state index in [-0.39, 0.29) is 17.9 Å². The van der Waals surface area contributed by atoms with Crippen LogP contribution < -0.4 is 5.32 Å². The molecule has 0 aromatic heterocycles.